The molecule has 3 nitrogen and oxygen atoms in total. The number of benzene rings is 1. The maximum atomic E-state index is 10.6. The Morgan fingerprint density at radius 3 is 1.92 bits per heavy atom. The molecule has 4 heteroatoms. The van der Waals surface area contributed by atoms with E-state index in [0.717, 1.165) is 9.80 Å². The summed E-state index contributed by atoms with van der Waals surface area (Å²) in [7, 11) is 0. The summed E-state index contributed by atoms with van der Waals surface area (Å²) in [5, 5.41) is 10.6. The van der Waals surface area contributed by atoms with Crippen molar-refractivity contribution in [2.75, 3.05) is 0 Å². The molecule has 0 aliphatic carbocycles. The lowest BCUT2D eigenvalue weighted by atomic mass is 10.3. The van der Waals surface area contributed by atoms with Crippen LogP contribution in [-0.2, 0) is 0 Å². The van der Waals surface area contributed by atoms with Crippen molar-refractivity contribution in [3.05, 3.63) is 70.7 Å². The lowest BCUT2D eigenvalue weighted by Crippen LogP contribution is -1.87. The predicted octanol–water partition coefficient (Wildman–Crippen LogP) is 8.05. The van der Waals surface area contributed by atoms with Crippen LogP contribution in [0.2, 0.25) is 0 Å². The van der Waals surface area contributed by atoms with Gasteiger partial charge in [0, 0.05) is 21.9 Å². The maximum absolute atomic E-state index is 10.6. The fraction of sp³-hybridized carbons (Fsp3) is 0.400. The first kappa shape index (κ1) is 30.1. The third kappa shape index (κ3) is 16.6. The van der Waals surface area contributed by atoms with Crippen LogP contribution in [0.15, 0.2) is 65.5 Å². The quantitative estimate of drug-likeness (QED) is 0.233. The van der Waals surface area contributed by atoms with Crippen LogP contribution in [0.5, 0.6) is 0 Å². The van der Waals surface area contributed by atoms with Gasteiger partial charge in [-0.2, -0.15) is 0 Å². The summed E-state index contributed by atoms with van der Waals surface area (Å²) in [4.78, 5) is 11.9. The molecule has 0 saturated heterocycles. The molecule has 0 saturated carbocycles. The number of nitrogens with zero attached hydrogens (tertiary/aromatic N) is 1. The normalized spacial score (nSPS) is 8.25. The molecule has 0 aliphatic rings. The average Bonchev–Trinajstić information content (AvgIpc) is 2.68. The van der Waals surface area contributed by atoms with Gasteiger partial charge in [0.2, 0.25) is 0 Å². The number of hydrogen-bond donors (Lipinski definition) is 0. The fourth-order valence-electron chi connectivity index (χ4n) is 1.06. The highest BCUT2D eigenvalue weighted by Crippen LogP contribution is 2.29. The van der Waals surface area contributed by atoms with E-state index in [1.165, 1.54) is 23.9 Å². The zero-order valence-electron chi connectivity index (χ0n) is 16.6. The Labute approximate surface area is 153 Å². The maximum Gasteiger partial charge on any atom is 0.270 e. The van der Waals surface area contributed by atoms with Crippen LogP contribution < -0.4 is 0 Å². The van der Waals surface area contributed by atoms with Gasteiger partial charge in [-0.05, 0) is 12.1 Å². The third-order valence-electron chi connectivity index (χ3n) is 1.75. The summed E-state index contributed by atoms with van der Waals surface area (Å²) in [6, 6.07) is 6.48. The second-order valence-electron chi connectivity index (χ2n) is 2.87. The number of rotatable bonds is 5. The molecule has 0 atom stereocenters. The Bertz CT molecular complexity index is 455. The predicted molar refractivity (Wildman–Crippen MR) is 113 cm³/mol. The molecule has 138 valence electrons. The Kier molecular flexibility index (Phi) is 32.8. The molecule has 0 heterocycles. The first-order valence-corrected chi connectivity index (χ1v) is 9.36. The molecule has 0 N–H and O–H groups in total. The molecule has 0 amide bonds. The highest BCUT2D eigenvalue weighted by molar-refractivity contribution is 8.03. The monoisotopic (exact) mass is 353 g/mol. The second kappa shape index (κ2) is 26.1. The van der Waals surface area contributed by atoms with E-state index in [1.54, 1.807) is 24.3 Å². The van der Waals surface area contributed by atoms with Gasteiger partial charge in [0.15, 0.2) is 0 Å². The van der Waals surface area contributed by atoms with E-state index in [9.17, 15) is 10.1 Å². The van der Waals surface area contributed by atoms with Gasteiger partial charge < -0.3 is 0 Å². The minimum absolute atomic E-state index is 0.0898. The molecule has 0 aromatic heterocycles. The Balaban J connectivity index is -0.000000218. The highest BCUT2D eigenvalue weighted by Gasteiger charge is 2.06. The SMILES string of the molecule is C=C/C=C(\C=C)Sc1cccc([N+](=O)[O-])c1.CC.CC.CC.CC. The molecule has 0 unspecified atom stereocenters. The van der Waals surface area contributed by atoms with Gasteiger partial charge >= 0.3 is 0 Å². The lowest BCUT2D eigenvalue weighted by Gasteiger charge is -2.01. The Morgan fingerprint density at radius 1 is 1.04 bits per heavy atom. The number of nitro benzene ring substituents is 1. The van der Waals surface area contributed by atoms with E-state index in [-0.39, 0.29) is 5.69 Å². The number of hydrogen-bond acceptors (Lipinski definition) is 3. The molecule has 1 aromatic carbocycles. The molecule has 1 rings (SSSR count). The van der Waals surface area contributed by atoms with Gasteiger partial charge in [-0.3, -0.25) is 10.1 Å². The van der Waals surface area contributed by atoms with E-state index in [4.69, 9.17) is 0 Å². The molecule has 1 aromatic rings. The Hall–Kier alpha value is -1.81. The van der Waals surface area contributed by atoms with Crippen molar-refractivity contribution in [3.8, 4) is 0 Å². The minimum Gasteiger partial charge on any atom is -0.258 e. The molecule has 0 spiro atoms. The molecule has 24 heavy (non-hydrogen) atoms. The summed E-state index contributed by atoms with van der Waals surface area (Å²) in [5.41, 5.74) is 0.0898. The topological polar surface area (TPSA) is 43.1 Å². The van der Waals surface area contributed by atoms with E-state index in [1.807, 2.05) is 61.5 Å². The van der Waals surface area contributed by atoms with E-state index >= 15 is 0 Å². The van der Waals surface area contributed by atoms with E-state index < -0.39 is 4.92 Å². The van der Waals surface area contributed by atoms with Gasteiger partial charge in [-0.25, -0.2) is 0 Å². The van der Waals surface area contributed by atoms with Crippen molar-refractivity contribution in [2.24, 2.45) is 0 Å². The van der Waals surface area contributed by atoms with Crippen molar-refractivity contribution >= 4 is 17.4 Å². The van der Waals surface area contributed by atoms with Crippen molar-refractivity contribution in [1.29, 1.82) is 0 Å². The first-order chi connectivity index (χ1) is 11.7. The third-order valence-corrected chi connectivity index (χ3v) is 2.78. The van der Waals surface area contributed by atoms with Gasteiger partial charge in [0.1, 0.15) is 0 Å². The van der Waals surface area contributed by atoms with Crippen LogP contribution in [0.4, 0.5) is 5.69 Å². The molecule has 0 fully saturated rings. The molecule has 0 bridgehead atoms. The largest absolute Gasteiger partial charge is 0.270 e. The number of allylic oxidation sites excluding steroid dienone is 3. The average molecular weight is 354 g/mol. The van der Waals surface area contributed by atoms with Crippen molar-refractivity contribution in [1.82, 2.24) is 0 Å². The molecular weight excluding hydrogens is 318 g/mol. The smallest absolute Gasteiger partial charge is 0.258 e. The van der Waals surface area contributed by atoms with Crippen LogP contribution in [0.3, 0.4) is 0 Å². The standard InChI is InChI=1S/C12H11NO2S.4C2H6/c1-3-6-11(4-2)16-12-8-5-7-10(9-12)13(14)15;4*1-2/h3-9H,1-2H2;4*1-2H3/b11-6+;;;;. The van der Waals surface area contributed by atoms with E-state index in [0.29, 0.717) is 0 Å². The summed E-state index contributed by atoms with van der Waals surface area (Å²) < 4.78 is 0. The molecule has 0 aliphatic heterocycles. The second-order valence-corrected chi connectivity index (χ2v) is 4.01. The van der Waals surface area contributed by atoms with Crippen LogP contribution in [0.25, 0.3) is 0 Å². The van der Waals surface area contributed by atoms with Crippen LogP contribution in [0.1, 0.15) is 55.4 Å². The van der Waals surface area contributed by atoms with Gasteiger partial charge in [-0.15, -0.1) is 0 Å². The van der Waals surface area contributed by atoms with Gasteiger partial charge in [0.05, 0.1) is 4.92 Å². The number of non-ortho nitro benzene ring substituents is 1. The highest BCUT2D eigenvalue weighted by atomic mass is 32.2. The summed E-state index contributed by atoms with van der Waals surface area (Å²) in [5.74, 6) is 0. The zero-order valence-corrected chi connectivity index (χ0v) is 17.4. The summed E-state index contributed by atoms with van der Waals surface area (Å²) in [6.07, 6.45) is 5.14. The van der Waals surface area contributed by atoms with Crippen LogP contribution in [0, 0.1) is 10.1 Å². The van der Waals surface area contributed by atoms with Gasteiger partial charge in [0.25, 0.3) is 5.69 Å². The van der Waals surface area contributed by atoms with E-state index in [2.05, 4.69) is 13.2 Å². The van der Waals surface area contributed by atoms with Crippen LogP contribution in [-0.4, -0.2) is 4.92 Å². The van der Waals surface area contributed by atoms with Crippen LogP contribution >= 0.6 is 11.8 Å². The Morgan fingerprint density at radius 2 is 1.54 bits per heavy atom. The summed E-state index contributed by atoms with van der Waals surface area (Å²) in [6.45, 7) is 23.3. The number of nitro groups is 1. The first-order valence-electron chi connectivity index (χ1n) is 8.55. The summed E-state index contributed by atoms with van der Waals surface area (Å²) >= 11 is 1.41. The van der Waals surface area contributed by atoms with Crippen molar-refractivity contribution in [2.45, 2.75) is 60.3 Å². The van der Waals surface area contributed by atoms with Crippen molar-refractivity contribution in [3.63, 3.8) is 0 Å². The zero-order chi connectivity index (χ0) is 20.0. The number of thioether (sulfide) groups is 1. The molecular formula is C20H35NO2S. The fourth-order valence-corrected chi connectivity index (χ4v) is 1.90. The van der Waals surface area contributed by atoms with Crippen molar-refractivity contribution < 1.29 is 4.92 Å². The molecule has 0 radical (unpaired) electrons. The lowest BCUT2D eigenvalue weighted by molar-refractivity contribution is -0.385. The minimum atomic E-state index is -0.408. The van der Waals surface area contributed by atoms with Gasteiger partial charge in [-0.1, -0.05) is 98.5 Å².